The van der Waals surface area contributed by atoms with Crippen LogP contribution in [-0.2, 0) is 21.2 Å². The number of fused-ring (bicyclic) bond motifs is 1. The van der Waals surface area contributed by atoms with E-state index in [4.69, 9.17) is 9.72 Å². The van der Waals surface area contributed by atoms with Crippen LogP contribution in [-0.4, -0.2) is 80.0 Å². The van der Waals surface area contributed by atoms with Crippen molar-refractivity contribution in [1.82, 2.24) is 14.2 Å². The average molecular weight is 559 g/mol. The molecular formula is C28H38N4O4S2. The summed E-state index contributed by atoms with van der Waals surface area (Å²) in [7, 11) is -3.68. The summed E-state index contributed by atoms with van der Waals surface area (Å²) in [5.41, 5.74) is 2.54. The topological polar surface area (TPSA) is 83.1 Å². The van der Waals surface area contributed by atoms with Gasteiger partial charge in [0.05, 0.1) is 27.3 Å². The molecule has 1 aliphatic heterocycles. The zero-order valence-electron chi connectivity index (χ0n) is 22.9. The van der Waals surface area contributed by atoms with Crippen LogP contribution < -0.4 is 4.90 Å². The van der Waals surface area contributed by atoms with Crippen molar-refractivity contribution in [2.24, 2.45) is 0 Å². The highest BCUT2D eigenvalue weighted by molar-refractivity contribution is 7.89. The molecule has 4 rings (SSSR count). The molecule has 0 spiro atoms. The van der Waals surface area contributed by atoms with E-state index < -0.39 is 10.0 Å². The van der Waals surface area contributed by atoms with Crippen molar-refractivity contribution in [3.05, 3.63) is 53.6 Å². The van der Waals surface area contributed by atoms with Crippen LogP contribution in [0.15, 0.2) is 47.4 Å². The van der Waals surface area contributed by atoms with E-state index >= 15 is 0 Å². The molecule has 1 fully saturated rings. The van der Waals surface area contributed by atoms with Gasteiger partial charge in [0.2, 0.25) is 10.0 Å². The molecule has 1 saturated heterocycles. The van der Waals surface area contributed by atoms with Crippen LogP contribution in [0, 0.1) is 0 Å². The Bertz CT molecular complexity index is 1340. The molecule has 38 heavy (non-hydrogen) atoms. The van der Waals surface area contributed by atoms with Gasteiger partial charge in [-0.3, -0.25) is 9.69 Å². The number of rotatable bonds is 10. The number of aromatic nitrogens is 1. The molecule has 1 aromatic heterocycles. The van der Waals surface area contributed by atoms with E-state index in [1.165, 1.54) is 33.3 Å². The maximum atomic E-state index is 13.8. The van der Waals surface area contributed by atoms with Gasteiger partial charge in [-0.2, -0.15) is 4.31 Å². The minimum Gasteiger partial charge on any atom is -0.373 e. The quantitative estimate of drug-likeness (QED) is 0.360. The zero-order valence-corrected chi connectivity index (χ0v) is 24.5. The highest BCUT2D eigenvalue weighted by Crippen LogP contribution is 2.31. The zero-order chi connectivity index (χ0) is 27.4. The summed E-state index contributed by atoms with van der Waals surface area (Å²) in [6.07, 6.45) is 0.595. The van der Waals surface area contributed by atoms with Crippen molar-refractivity contribution >= 4 is 42.6 Å². The number of ether oxygens (including phenoxy) is 1. The van der Waals surface area contributed by atoms with Gasteiger partial charge in [-0.1, -0.05) is 38.2 Å². The van der Waals surface area contributed by atoms with Crippen LogP contribution in [0.2, 0.25) is 0 Å². The third-order valence-corrected chi connectivity index (χ3v) is 9.87. The molecule has 1 amide bonds. The van der Waals surface area contributed by atoms with E-state index in [2.05, 4.69) is 37.8 Å². The summed E-state index contributed by atoms with van der Waals surface area (Å²) in [6.45, 7) is 13.7. The van der Waals surface area contributed by atoms with Gasteiger partial charge in [-0.05, 0) is 75.3 Å². The SMILES string of the molecule is CCc1ccc2nc(N(CCN(CC)CC)C(=O)c3ccc(S(=O)(=O)N4CC(C)OC(C)C4)cc3)sc2c1. The predicted octanol–water partition coefficient (Wildman–Crippen LogP) is 4.65. The van der Waals surface area contributed by atoms with Gasteiger partial charge in [-0.15, -0.1) is 0 Å². The van der Waals surface area contributed by atoms with E-state index in [0.717, 1.165) is 36.3 Å². The largest absolute Gasteiger partial charge is 0.373 e. The van der Waals surface area contributed by atoms with Gasteiger partial charge in [0.25, 0.3) is 5.91 Å². The van der Waals surface area contributed by atoms with Gasteiger partial charge in [0.1, 0.15) is 0 Å². The monoisotopic (exact) mass is 558 g/mol. The lowest BCUT2D eigenvalue weighted by atomic mass is 10.2. The Morgan fingerprint density at radius 1 is 1.03 bits per heavy atom. The molecular weight excluding hydrogens is 520 g/mol. The number of thiazole rings is 1. The first-order chi connectivity index (χ1) is 18.2. The van der Waals surface area contributed by atoms with E-state index in [0.29, 0.717) is 30.3 Å². The molecule has 1 aliphatic rings. The number of aryl methyl sites for hydroxylation is 1. The molecule has 0 aliphatic carbocycles. The summed E-state index contributed by atoms with van der Waals surface area (Å²) in [4.78, 5) is 22.7. The molecule has 2 aromatic carbocycles. The Hall–Kier alpha value is -2.37. The van der Waals surface area contributed by atoms with Crippen LogP contribution in [0.1, 0.15) is 50.5 Å². The van der Waals surface area contributed by atoms with Crippen LogP contribution in [0.5, 0.6) is 0 Å². The van der Waals surface area contributed by atoms with Crippen LogP contribution in [0.3, 0.4) is 0 Å². The number of carbonyl (C=O) groups is 1. The number of morpholine rings is 1. The highest BCUT2D eigenvalue weighted by atomic mass is 32.2. The number of carbonyl (C=O) groups excluding carboxylic acids is 1. The fourth-order valence-electron chi connectivity index (χ4n) is 4.76. The molecule has 2 atom stereocenters. The van der Waals surface area contributed by atoms with E-state index in [1.807, 2.05) is 19.9 Å². The molecule has 2 unspecified atom stereocenters. The first-order valence-corrected chi connectivity index (χ1v) is 15.6. The lowest BCUT2D eigenvalue weighted by Crippen LogP contribution is -2.48. The highest BCUT2D eigenvalue weighted by Gasteiger charge is 2.32. The first kappa shape index (κ1) is 28.6. The van der Waals surface area contributed by atoms with Crippen molar-refractivity contribution in [3.8, 4) is 0 Å². The number of hydrogen-bond donors (Lipinski definition) is 0. The standard InChI is InChI=1S/C28H38N4O4S2/c1-6-22-9-14-25-26(17-22)37-28(29-25)32(16-15-30(7-2)8-3)27(33)23-10-12-24(13-11-23)38(34,35)31-18-20(4)36-21(5)19-31/h9-14,17,20-21H,6-8,15-16,18-19H2,1-5H3. The molecule has 2 heterocycles. The van der Waals surface area contributed by atoms with Gasteiger partial charge >= 0.3 is 0 Å². The lowest BCUT2D eigenvalue weighted by Gasteiger charge is -2.34. The maximum absolute atomic E-state index is 13.8. The fraction of sp³-hybridized carbons (Fsp3) is 0.500. The summed E-state index contributed by atoms with van der Waals surface area (Å²) in [5.74, 6) is -0.190. The van der Waals surface area contributed by atoms with E-state index in [1.54, 1.807) is 17.0 Å². The second-order valence-corrected chi connectivity index (χ2v) is 12.7. The maximum Gasteiger partial charge on any atom is 0.260 e. The third-order valence-electron chi connectivity index (χ3n) is 6.99. The summed E-state index contributed by atoms with van der Waals surface area (Å²) < 4.78 is 34.7. The Morgan fingerprint density at radius 2 is 1.68 bits per heavy atom. The average Bonchev–Trinajstić information content (AvgIpc) is 3.33. The van der Waals surface area contributed by atoms with Crippen molar-refractivity contribution < 1.29 is 17.9 Å². The van der Waals surface area contributed by atoms with Crippen LogP contribution in [0.4, 0.5) is 5.13 Å². The molecule has 0 N–H and O–H groups in total. The van der Waals surface area contributed by atoms with Crippen LogP contribution in [0.25, 0.3) is 10.2 Å². The third kappa shape index (κ3) is 6.26. The van der Waals surface area contributed by atoms with Crippen molar-refractivity contribution in [2.45, 2.75) is 58.1 Å². The number of hydrogen-bond acceptors (Lipinski definition) is 7. The fourth-order valence-corrected chi connectivity index (χ4v) is 7.40. The van der Waals surface area contributed by atoms with E-state index in [9.17, 15) is 13.2 Å². The predicted molar refractivity (Wildman–Crippen MR) is 154 cm³/mol. The Kier molecular flexibility index (Phi) is 9.20. The Balaban J connectivity index is 1.61. The second kappa shape index (κ2) is 12.2. The van der Waals surface area contributed by atoms with Crippen molar-refractivity contribution in [3.63, 3.8) is 0 Å². The van der Waals surface area contributed by atoms with Gasteiger partial charge in [0, 0.05) is 31.7 Å². The molecule has 3 aromatic rings. The second-order valence-electron chi connectivity index (χ2n) is 9.74. The number of sulfonamides is 1. The number of anilines is 1. The van der Waals surface area contributed by atoms with E-state index in [-0.39, 0.29) is 23.0 Å². The minimum absolute atomic E-state index is 0.170. The van der Waals surface area contributed by atoms with Gasteiger partial charge in [0.15, 0.2) is 5.13 Å². The summed E-state index contributed by atoms with van der Waals surface area (Å²) in [6, 6.07) is 12.5. The first-order valence-electron chi connectivity index (χ1n) is 13.4. The van der Waals surface area contributed by atoms with Crippen molar-refractivity contribution in [2.75, 3.05) is 44.2 Å². The number of benzene rings is 2. The molecule has 206 valence electrons. The normalized spacial score (nSPS) is 18.8. The molecule has 0 bridgehead atoms. The van der Waals surface area contributed by atoms with Gasteiger partial charge in [-0.25, -0.2) is 13.4 Å². The molecule has 0 saturated carbocycles. The summed E-state index contributed by atoms with van der Waals surface area (Å²) >= 11 is 1.51. The van der Waals surface area contributed by atoms with Crippen LogP contribution >= 0.6 is 11.3 Å². The Labute approximate surface area is 230 Å². The number of nitrogens with zero attached hydrogens (tertiary/aromatic N) is 4. The smallest absolute Gasteiger partial charge is 0.260 e. The van der Waals surface area contributed by atoms with Crippen molar-refractivity contribution in [1.29, 1.82) is 0 Å². The molecule has 8 nitrogen and oxygen atoms in total. The Morgan fingerprint density at radius 3 is 2.29 bits per heavy atom. The molecule has 0 radical (unpaired) electrons. The molecule has 10 heteroatoms. The summed E-state index contributed by atoms with van der Waals surface area (Å²) in [5, 5.41) is 0.651. The van der Waals surface area contributed by atoms with Gasteiger partial charge < -0.3 is 9.64 Å². The minimum atomic E-state index is -3.68. The number of amides is 1. The number of likely N-dealkylation sites (N-methyl/N-ethyl adjacent to an activating group) is 1. The lowest BCUT2D eigenvalue weighted by molar-refractivity contribution is -0.0440.